The Bertz CT molecular complexity index is 419. The number of carboxylic acids is 1. The van der Waals surface area contributed by atoms with Gasteiger partial charge in [-0.15, -0.1) is 0 Å². The molecule has 1 saturated heterocycles. The first-order chi connectivity index (χ1) is 9.15. The fourth-order valence-corrected chi connectivity index (χ4v) is 2.23. The minimum atomic E-state index is -0.918. The molecule has 1 fully saturated rings. The van der Waals surface area contributed by atoms with Crippen LogP contribution in [0, 0.1) is 0 Å². The first-order valence-electron chi connectivity index (χ1n) is 6.53. The molecule has 0 radical (unpaired) electrons. The SMILES string of the molecule is CN1CCC(NCCOc2ccc(C(=O)O)cc2)C1. The van der Waals surface area contributed by atoms with Gasteiger partial charge >= 0.3 is 5.97 Å². The fourth-order valence-electron chi connectivity index (χ4n) is 2.23. The third-order valence-corrected chi connectivity index (χ3v) is 3.30. The van der Waals surface area contributed by atoms with Gasteiger partial charge in [0.25, 0.3) is 0 Å². The van der Waals surface area contributed by atoms with Crippen LogP contribution in [0.4, 0.5) is 0 Å². The molecule has 1 aromatic carbocycles. The van der Waals surface area contributed by atoms with E-state index in [1.54, 1.807) is 24.3 Å². The number of ether oxygens (including phenoxy) is 1. The Morgan fingerprint density at radius 1 is 1.47 bits per heavy atom. The van der Waals surface area contributed by atoms with Crippen molar-refractivity contribution in [3.05, 3.63) is 29.8 Å². The van der Waals surface area contributed by atoms with Crippen molar-refractivity contribution in [2.24, 2.45) is 0 Å². The van der Waals surface area contributed by atoms with Crippen LogP contribution in [0.3, 0.4) is 0 Å². The molecule has 1 atom stereocenters. The monoisotopic (exact) mass is 264 g/mol. The standard InChI is InChI=1S/C14H20N2O3/c1-16-8-6-12(10-16)15-7-9-19-13-4-2-11(3-5-13)14(17)18/h2-5,12,15H,6-10H2,1H3,(H,17,18). The molecule has 1 aliphatic rings. The third-order valence-electron chi connectivity index (χ3n) is 3.30. The average molecular weight is 264 g/mol. The number of hydrogen-bond donors (Lipinski definition) is 2. The van der Waals surface area contributed by atoms with Crippen LogP contribution in [0.1, 0.15) is 16.8 Å². The van der Waals surface area contributed by atoms with E-state index in [-0.39, 0.29) is 5.56 Å². The number of nitrogens with one attached hydrogen (secondary N) is 1. The van der Waals surface area contributed by atoms with Gasteiger partial charge in [-0.2, -0.15) is 0 Å². The third kappa shape index (κ3) is 4.22. The van der Waals surface area contributed by atoms with E-state index in [2.05, 4.69) is 17.3 Å². The summed E-state index contributed by atoms with van der Waals surface area (Å²) >= 11 is 0. The molecular weight excluding hydrogens is 244 g/mol. The van der Waals surface area contributed by atoms with Crippen LogP contribution in [0.2, 0.25) is 0 Å². The van der Waals surface area contributed by atoms with E-state index in [1.165, 1.54) is 6.42 Å². The second-order valence-corrected chi connectivity index (χ2v) is 4.88. The Morgan fingerprint density at radius 3 is 2.79 bits per heavy atom. The summed E-state index contributed by atoms with van der Waals surface area (Å²) in [6.45, 7) is 3.63. The Morgan fingerprint density at radius 2 is 2.21 bits per heavy atom. The largest absolute Gasteiger partial charge is 0.492 e. The summed E-state index contributed by atoms with van der Waals surface area (Å²) in [7, 11) is 2.13. The zero-order valence-electron chi connectivity index (χ0n) is 11.1. The molecule has 0 bridgehead atoms. The van der Waals surface area contributed by atoms with Crippen LogP contribution in [-0.2, 0) is 0 Å². The Kier molecular flexibility index (Phi) is 4.76. The molecule has 0 spiro atoms. The maximum atomic E-state index is 10.7. The Labute approximate surface area is 113 Å². The minimum absolute atomic E-state index is 0.277. The topological polar surface area (TPSA) is 61.8 Å². The van der Waals surface area contributed by atoms with Gasteiger partial charge in [-0.3, -0.25) is 0 Å². The predicted molar refractivity (Wildman–Crippen MR) is 72.8 cm³/mol. The predicted octanol–water partition coefficient (Wildman–Crippen LogP) is 1.06. The van der Waals surface area contributed by atoms with Crippen molar-refractivity contribution in [1.82, 2.24) is 10.2 Å². The van der Waals surface area contributed by atoms with Crippen molar-refractivity contribution in [2.45, 2.75) is 12.5 Å². The number of likely N-dealkylation sites (N-methyl/N-ethyl adjacent to an activating group) is 1. The molecule has 19 heavy (non-hydrogen) atoms. The Balaban J connectivity index is 1.66. The Hall–Kier alpha value is -1.59. The first kappa shape index (κ1) is 13.8. The van der Waals surface area contributed by atoms with Crippen LogP contribution < -0.4 is 10.1 Å². The summed E-state index contributed by atoms with van der Waals surface area (Å²) in [6.07, 6.45) is 1.18. The van der Waals surface area contributed by atoms with E-state index in [4.69, 9.17) is 9.84 Å². The molecule has 2 rings (SSSR count). The molecule has 1 aromatic rings. The summed E-state index contributed by atoms with van der Waals surface area (Å²) in [5.74, 6) is -0.214. The van der Waals surface area contributed by atoms with E-state index >= 15 is 0 Å². The van der Waals surface area contributed by atoms with Gasteiger partial charge in [0, 0.05) is 19.1 Å². The van der Waals surface area contributed by atoms with Crippen LogP contribution in [0.5, 0.6) is 5.75 Å². The summed E-state index contributed by atoms with van der Waals surface area (Å²) in [4.78, 5) is 13.0. The van der Waals surface area contributed by atoms with Crippen LogP contribution in [0.15, 0.2) is 24.3 Å². The molecule has 0 saturated carbocycles. The summed E-state index contributed by atoms with van der Waals surface area (Å²) in [5.41, 5.74) is 0.277. The zero-order valence-corrected chi connectivity index (χ0v) is 11.1. The lowest BCUT2D eigenvalue weighted by Crippen LogP contribution is -2.34. The molecule has 1 aliphatic heterocycles. The van der Waals surface area contributed by atoms with Crippen molar-refractivity contribution < 1.29 is 14.6 Å². The molecule has 1 heterocycles. The molecular formula is C14H20N2O3. The van der Waals surface area contributed by atoms with Crippen molar-refractivity contribution >= 4 is 5.97 Å². The number of likely N-dealkylation sites (tertiary alicyclic amines) is 1. The van der Waals surface area contributed by atoms with Crippen molar-refractivity contribution in [1.29, 1.82) is 0 Å². The van der Waals surface area contributed by atoms with Gasteiger partial charge in [-0.25, -0.2) is 4.79 Å². The lowest BCUT2D eigenvalue weighted by atomic mass is 10.2. The number of aromatic carboxylic acids is 1. The smallest absolute Gasteiger partial charge is 0.335 e. The highest BCUT2D eigenvalue weighted by Crippen LogP contribution is 2.12. The molecule has 5 heteroatoms. The number of hydrogen-bond acceptors (Lipinski definition) is 4. The number of rotatable bonds is 6. The molecule has 104 valence electrons. The fraction of sp³-hybridized carbons (Fsp3) is 0.500. The minimum Gasteiger partial charge on any atom is -0.492 e. The lowest BCUT2D eigenvalue weighted by molar-refractivity contribution is 0.0697. The number of carboxylic acid groups (broad SMARTS) is 1. The molecule has 0 aromatic heterocycles. The maximum absolute atomic E-state index is 10.7. The highest BCUT2D eigenvalue weighted by atomic mass is 16.5. The number of carbonyl (C=O) groups is 1. The van der Waals surface area contributed by atoms with Crippen molar-refractivity contribution in [3.8, 4) is 5.75 Å². The quantitative estimate of drug-likeness (QED) is 0.752. The number of nitrogens with zero attached hydrogens (tertiary/aromatic N) is 1. The van der Waals surface area contributed by atoms with E-state index in [0.29, 0.717) is 18.4 Å². The highest BCUT2D eigenvalue weighted by Gasteiger charge is 2.17. The highest BCUT2D eigenvalue weighted by molar-refractivity contribution is 5.87. The zero-order chi connectivity index (χ0) is 13.7. The molecule has 5 nitrogen and oxygen atoms in total. The molecule has 1 unspecified atom stereocenters. The average Bonchev–Trinajstić information content (AvgIpc) is 2.81. The second-order valence-electron chi connectivity index (χ2n) is 4.88. The summed E-state index contributed by atoms with van der Waals surface area (Å²) < 4.78 is 5.56. The van der Waals surface area contributed by atoms with Crippen LogP contribution in [-0.4, -0.2) is 55.3 Å². The lowest BCUT2D eigenvalue weighted by Gasteiger charge is -2.13. The summed E-state index contributed by atoms with van der Waals surface area (Å²) in [6, 6.07) is 7.04. The van der Waals surface area contributed by atoms with E-state index in [0.717, 1.165) is 19.6 Å². The van der Waals surface area contributed by atoms with E-state index in [1.807, 2.05) is 0 Å². The second kappa shape index (κ2) is 6.54. The van der Waals surface area contributed by atoms with E-state index < -0.39 is 5.97 Å². The van der Waals surface area contributed by atoms with Crippen molar-refractivity contribution in [2.75, 3.05) is 33.3 Å². The normalized spacial score (nSPS) is 19.5. The number of benzene rings is 1. The maximum Gasteiger partial charge on any atom is 0.335 e. The van der Waals surface area contributed by atoms with E-state index in [9.17, 15) is 4.79 Å². The van der Waals surface area contributed by atoms with Crippen molar-refractivity contribution in [3.63, 3.8) is 0 Å². The summed E-state index contributed by atoms with van der Waals surface area (Å²) in [5, 5.41) is 12.2. The van der Waals surface area contributed by atoms with Gasteiger partial charge in [-0.05, 0) is 44.3 Å². The van der Waals surface area contributed by atoms with Gasteiger partial charge in [0.1, 0.15) is 12.4 Å². The van der Waals surface area contributed by atoms with Gasteiger partial charge in [0.2, 0.25) is 0 Å². The van der Waals surface area contributed by atoms with Crippen LogP contribution >= 0.6 is 0 Å². The molecule has 2 N–H and O–H groups in total. The van der Waals surface area contributed by atoms with Crippen LogP contribution in [0.25, 0.3) is 0 Å². The first-order valence-corrected chi connectivity index (χ1v) is 6.53. The van der Waals surface area contributed by atoms with Gasteiger partial charge < -0.3 is 20.1 Å². The molecule has 0 amide bonds. The van der Waals surface area contributed by atoms with Gasteiger partial charge in [0.15, 0.2) is 0 Å². The molecule has 0 aliphatic carbocycles. The van der Waals surface area contributed by atoms with Gasteiger partial charge in [-0.1, -0.05) is 0 Å². The van der Waals surface area contributed by atoms with Gasteiger partial charge in [0.05, 0.1) is 5.56 Å².